The summed E-state index contributed by atoms with van der Waals surface area (Å²) in [7, 11) is 0. The maximum Gasteiger partial charge on any atom is 0.123 e. The van der Waals surface area contributed by atoms with Gasteiger partial charge in [-0.15, -0.1) is 0 Å². The Balaban J connectivity index is 1.95. The minimum absolute atomic E-state index is 0.161. The molecular formula is C18H24FNS. The van der Waals surface area contributed by atoms with Crippen molar-refractivity contribution in [2.45, 2.75) is 26.7 Å². The zero-order valence-electron chi connectivity index (χ0n) is 12.8. The predicted molar refractivity (Wildman–Crippen MR) is 89.3 cm³/mol. The van der Waals surface area contributed by atoms with Gasteiger partial charge in [-0.1, -0.05) is 26.0 Å². The molecule has 3 heteroatoms. The first kappa shape index (κ1) is 16.2. The van der Waals surface area contributed by atoms with Gasteiger partial charge in [-0.2, -0.15) is 11.3 Å². The fraction of sp³-hybridized carbons (Fsp3) is 0.444. The van der Waals surface area contributed by atoms with E-state index in [-0.39, 0.29) is 5.82 Å². The van der Waals surface area contributed by atoms with Gasteiger partial charge in [0.2, 0.25) is 0 Å². The molecule has 0 fully saturated rings. The van der Waals surface area contributed by atoms with Crippen LogP contribution in [0, 0.1) is 17.7 Å². The van der Waals surface area contributed by atoms with Crippen LogP contribution in [0.1, 0.15) is 25.0 Å². The van der Waals surface area contributed by atoms with Crippen molar-refractivity contribution in [2.24, 2.45) is 11.8 Å². The third-order valence-electron chi connectivity index (χ3n) is 3.53. The second-order valence-electron chi connectivity index (χ2n) is 6.08. The van der Waals surface area contributed by atoms with E-state index in [0.29, 0.717) is 11.8 Å². The van der Waals surface area contributed by atoms with Gasteiger partial charge in [-0.25, -0.2) is 4.39 Å². The Morgan fingerprint density at radius 2 is 1.71 bits per heavy atom. The molecule has 0 saturated carbocycles. The molecule has 1 unspecified atom stereocenters. The van der Waals surface area contributed by atoms with Crippen LogP contribution in [0.25, 0.3) is 0 Å². The van der Waals surface area contributed by atoms with Crippen LogP contribution in [0.2, 0.25) is 0 Å². The average Bonchev–Trinajstić information content (AvgIpc) is 2.94. The van der Waals surface area contributed by atoms with Gasteiger partial charge in [0, 0.05) is 0 Å². The van der Waals surface area contributed by atoms with Crippen molar-refractivity contribution in [3.8, 4) is 0 Å². The van der Waals surface area contributed by atoms with E-state index in [1.807, 2.05) is 12.1 Å². The van der Waals surface area contributed by atoms with Crippen LogP contribution in [0.3, 0.4) is 0 Å². The number of hydrogen-bond donors (Lipinski definition) is 1. The molecule has 0 spiro atoms. The molecule has 0 aliphatic heterocycles. The third kappa shape index (κ3) is 5.98. The highest BCUT2D eigenvalue weighted by molar-refractivity contribution is 7.07. The Kier molecular flexibility index (Phi) is 6.40. The Labute approximate surface area is 131 Å². The summed E-state index contributed by atoms with van der Waals surface area (Å²) in [5.41, 5.74) is 2.61. The number of benzene rings is 1. The summed E-state index contributed by atoms with van der Waals surface area (Å²) in [4.78, 5) is 0. The van der Waals surface area contributed by atoms with Gasteiger partial charge in [0.05, 0.1) is 0 Å². The zero-order chi connectivity index (χ0) is 15.1. The molecule has 0 bridgehead atoms. The summed E-state index contributed by atoms with van der Waals surface area (Å²) in [6.07, 6.45) is 2.06. The maximum absolute atomic E-state index is 13.0. The van der Waals surface area contributed by atoms with E-state index >= 15 is 0 Å². The third-order valence-corrected chi connectivity index (χ3v) is 4.26. The van der Waals surface area contributed by atoms with Gasteiger partial charge in [-0.3, -0.25) is 0 Å². The molecule has 1 aromatic heterocycles. The van der Waals surface area contributed by atoms with Gasteiger partial charge in [0.1, 0.15) is 5.82 Å². The molecular weight excluding hydrogens is 281 g/mol. The molecule has 1 aromatic carbocycles. The van der Waals surface area contributed by atoms with E-state index in [1.54, 1.807) is 23.5 Å². The van der Waals surface area contributed by atoms with Crippen LogP contribution in [0.15, 0.2) is 41.1 Å². The van der Waals surface area contributed by atoms with Crippen molar-refractivity contribution in [3.63, 3.8) is 0 Å². The van der Waals surface area contributed by atoms with E-state index in [9.17, 15) is 4.39 Å². The summed E-state index contributed by atoms with van der Waals surface area (Å²) in [6.45, 7) is 6.50. The lowest BCUT2D eigenvalue weighted by atomic mass is 9.93. The normalized spacial score (nSPS) is 12.8. The predicted octanol–water partition coefficient (Wildman–Crippen LogP) is 4.53. The Hall–Kier alpha value is -1.19. The Morgan fingerprint density at radius 3 is 2.33 bits per heavy atom. The molecule has 0 saturated heterocycles. The van der Waals surface area contributed by atoms with Crippen LogP contribution in [0.4, 0.5) is 4.39 Å². The first-order chi connectivity index (χ1) is 10.1. The maximum atomic E-state index is 13.0. The lowest BCUT2D eigenvalue weighted by molar-refractivity contribution is 0.445. The van der Waals surface area contributed by atoms with E-state index in [4.69, 9.17) is 0 Å². The summed E-state index contributed by atoms with van der Waals surface area (Å²) < 4.78 is 13.0. The van der Waals surface area contributed by atoms with Gasteiger partial charge in [0.25, 0.3) is 0 Å². The minimum atomic E-state index is -0.161. The Bertz CT molecular complexity index is 505. The summed E-state index contributed by atoms with van der Waals surface area (Å²) >= 11 is 1.75. The number of halogens is 1. The standard InChI is InChI=1S/C18H24FNS/c1-14(2)11-20-12-17(10-16-7-8-21-13-16)9-15-3-5-18(19)6-4-15/h3-8,13-14,17,20H,9-12H2,1-2H3. The molecule has 0 amide bonds. The van der Waals surface area contributed by atoms with E-state index in [0.717, 1.165) is 25.9 Å². The second kappa shape index (κ2) is 8.30. The lowest BCUT2D eigenvalue weighted by Gasteiger charge is -2.18. The zero-order valence-corrected chi connectivity index (χ0v) is 13.6. The van der Waals surface area contributed by atoms with Crippen LogP contribution in [0.5, 0.6) is 0 Å². The number of hydrogen-bond acceptors (Lipinski definition) is 2. The van der Waals surface area contributed by atoms with E-state index in [1.165, 1.54) is 11.1 Å². The smallest absolute Gasteiger partial charge is 0.123 e. The molecule has 1 atom stereocenters. The van der Waals surface area contributed by atoms with Crippen LogP contribution >= 0.6 is 11.3 Å². The molecule has 1 heterocycles. The van der Waals surface area contributed by atoms with Crippen molar-refractivity contribution >= 4 is 11.3 Å². The molecule has 0 radical (unpaired) electrons. The second-order valence-corrected chi connectivity index (χ2v) is 6.86. The topological polar surface area (TPSA) is 12.0 Å². The summed E-state index contributed by atoms with van der Waals surface area (Å²) in [6, 6.07) is 9.11. The van der Waals surface area contributed by atoms with Crippen molar-refractivity contribution < 1.29 is 4.39 Å². The van der Waals surface area contributed by atoms with Crippen molar-refractivity contribution in [3.05, 3.63) is 58.0 Å². The quantitative estimate of drug-likeness (QED) is 0.755. The first-order valence-corrected chi connectivity index (χ1v) is 8.54. The summed E-state index contributed by atoms with van der Waals surface area (Å²) in [5.74, 6) is 1.05. The van der Waals surface area contributed by atoms with E-state index in [2.05, 4.69) is 36.0 Å². The van der Waals surface area contributed by atoms with Gasteiger partial charge in [-0.05, 0) is 77.9 Å². The highest BCUT2D eigenvalue weighted by Gasteiger charge is 2.11. The SMILES string of the molecule is CC(C)CNCC(Cc1ccc(F)cc1)Cc1ccsc1. The molecule has 0 aliphatic carbocycles. The van der Waals surface area contributed by atoms with E-state index < -0.39 is 0 Å². The van der Waals surface area contributed by atoms with Crippen LogP contribution in [-0.2, 0) is 12.8 Å². The lowest BCUT2D eigenvalue weighted by Crippen LogP contribution is -2.28. The molecule has 1 nitrogen and oxygen atoms in total. The van der Waals surface area contributed by atoms with Crippen molar-refractivity contribution in [2.75, 3.05) is 13.1 Å². The fourth-order valence-electron chi connectivity index (χ4n) is 2.49. The minimum Gasteiger partial charge on any atom is -0.316 e. The highest BCUT2D eigenvalue weighted by Crippen LogP contribution is 2.17. The van der Waals surface area contributed by atoms with Gasteiger partial charge in [0.15, 0.2) is 0 Å². The number of thiophene rings is 1. The number of nitrogens with one attached hydrogen (secondary N) is 1. The molecule has 2 aromatic rings. The Morgan fingerprint density at radius 1 is 1.00 bits per heavy atom. The molecule has 114 valence electrons. The molecule has 2 rings (SSSR count). The molecule has 0 aliphatic rings. The molecule has 21 heavy (non-hydrogen) atoms. The molecule has 1 N–H and O–H groups in total. The van der Waals surface area contributed by atoms with Crippen LogP contribution in [-0.4, -0.2) is 13.1 Å². The van der Waals surface area contributed by atoms with Gasteiger partial charge < -0.3 is 5.32 Å². The van der Waals surface area contributed by atoms with Crippen molar-refractivity contribution in [1.29, 1.82) is 0 Å². The van der Waals surface area contributed by atoms with Crippen molar-refractivity contribution in [1.82, 2.24) is 5.32 Å². The average molecular weight is 305 g/mol. The monoisotopic (exact) mass is 305 g/mol. The fourth-order valence-corrected chi connectivity index (χ4v) is 3.17. The first-order valence-electron chi connectivity index (χ1n) is 7.59. The largest absolute Gasteiger partial charge is 0.316 e. The van der Waals surface area contributed by atoms with Gasteiger partial charge >= 0.3 is 0 Å². The summed E-state index contributed by atoms with van der Waals surface area (Å²) in [5, 5.41) is 7.91. The highest BCUT2D eigenvalue weighted by atomic mass is 32.1. The number of rotatable bonds is 8. The van der Waals surface area contributed by atoms with Crippen LogP contribution < -0.4 is 5.32 Å².